The molecule has 0 unspecified atom stereocenters. The molecular formula is C16H16ClN3O4S. The SMILES string of the molecule is Cc1ccc(NC(=O)CNC(=O)c2ccccc2Cl)cc1S(N)(=O)=O. The molecule has 0 saturated carbocycles. The number of nitrogens with two attached hydrogens (primary N) is 1. The second-order valence-corrected chi connectivity index (χ2v) is 7.17. The van der Waals surface area contributed by atoms with Gasteiger partial charge in [-0.3, -0.25) is 9.59 Å². The van der Waals surface area contributed by atoms with Gasteiger partial charge < -0.3 is 10.6 Å². The van der Waals surface area contributed by atoms with Crippen LogP contribution < -0.4 is 15.8 Å². The summed E-state index contributed by atoms with van der Waals surface area (Å²) in [5.41, 5.74) is 0.975. The van der Waals surface area contributed by atoms with Crippen LogP contribution in [0.3, 0.4) is 0 Å². The van der Waals surface area contributed by atoms with Crippen LogP contribution in [0.4, 0.5) is 5.69 Å². The van der Waals surface area contributed by atoms with Crippen molar-refractivity contribution < 1.29 is 18.0 Å². The maximum atomic E-state index is 12.0. The standard InChI is InChI=1S/C16H16ClN3O4S/c1-10-6-7-11(8-14(10)25(18,23)24)20-15(21)9-19-16(22)12-4-2-3-5-13(12)17/h2-8H,9H2,1H3,(H,19,22)(H,20,21)(H2,18,23,24). The minimum Gasteiger partial charge on any atom is -0.343 e. The molecule has 2 aromatic rings. The van der Waals surface area contributed by atoms with Gasteiger partial charge >= 0.3 is 0 Å². The average molecular weight is 382 g/mol. The number of sulfonamides is 1. The van der Waals surface area contributed by atoms with Gasteiger partial charge in [0.05, 0.1) is 22.0 Å². The van der Waals surface area contributed by atoms with Gasteiger partial charge in [0, 0.05) is 5.69 Å². The van der Waals surface area contributed by atoms with E-state index in [0.29, 0.717) is 5.56 Å². The lowest BCUT2D eigenvalue weighted by Crippen LogP contribution is -2.33. The molecule has 0 aliphatic heterocycles. The van der Waals surface area contributed by atoms with E-state index in [4.69, 9.17) is 16.7 Å². The van der Waals surface area contributed by atoms with Gasteiger partial charge in [-0.1, -0.05) is 29.8 Å². The average Bonchev–Trinajstić information content (AvgIpc) is 2.54. The first-order chi connectivity index (χ1) is 11.7. The number of hydrogen-bond acceptors (Lipinski definition) is 4. The summed E-state index contributed by atoms with van der Waals surface area (Å²) in [6.45, 7) is 1.29. The highest BCUT2D eigenvalue weighted by atomic mass is 35.5. The van der Waals surface area contributed by atoms with Crippen molar-refractivity contribution in [2.45, 2.75) is 11.8 Å². The highest BCUT2D eigenvalue weighted by molar-refractivity contribution is 7.89. The molecule has 0 bridgehead atoms. The van der Waals surface area contributed by atoms with Crippen LogP contribution in [0.2, 0.25) is 5.02 Å². The van der Waals surface area contributed by atoms with E-state index in [9.17, 15) is 18.0 Å². The van der Waals surface area contributed by atoms with E-state index < -0.39 is 21.8 Å². The number of nitrogens with one attached hydrogen (secondary N) is 2. The third-order valence-electron chi connectivity index (χ3n) is 3.31. The number of anilines is 1. The molecule has 2 rings (SSSR count). The van der Waals surface area contributed by atoms with Crippen molar-refractivity contribution in [2.75, 3.05) is 11.9 Å². The summed E-state index contributed by atoms with van der Waals surface area (Å²) in [5, 5.41) is 10.3. The molecular weight excluding hydrogens is 366 g/mol. The van der Waals surface area contributed by atoms with Crippen LogP contribution in [0, 0.1) is 6.92 Å². The van der Waals surface area contributed by atoms with Crippen LogP contribution in [-0.2, 0) is 14.8 Å². The molecule has 2 aromatic carbocycles. The monoisotopic (exact) mass is 381 g/mol. The topological polar surface area (TPSA) is 118 Å². The molecule has 9 heteroatoms. The van der Waals surface area contributed by atoms with Crippen LogP contribution >= 0.6 is 11.6 Å². The van der Waals surface area contributed by atoms with E-state index in [0.717, 1.165) is 0 Å². The highest BCUT2D eigenvalue weighted by Gasteiger charge is 2.14. The Morgan fingerprint density at radius 1 is 1.16 bits per heavy atom. The van der Waals surface area contributed by atoms with Crippen molar-refractivity contribution in [3.05, 3.63) is 58.6 Å². The Labute approximate surface area is 150 Å². The third-order valence-corrected chi connectivity index (χ3v) is 4.69. The fourth-order valence-electron chi connectivity index (χ4n) is 2.09. The Kier molecular flexibility index (Phi) is 5.78. The Hall–Kier alpha value is -2.42. The Morgan fingerprint density at radius 3 is 2.48 bits per heavy atom. The minimum absolute atomic E-state index is 0.0783. The van der Waals surface area contributed by atoms with Crippen LogP contribution in [0.5, 0.6) is 0 Å². The molecule has 0 spiro atoms. The number of aryl methyl sites for hydroxylation is 1. The van der Waals surface area contributed by atoms with E-state index in [1.807, 2.05) is 0 Å². The summed E-state index contributed by atoms with van der Waals surface area (Å²) in [5.74, 6) is -1.01. The number of halogens is 1. The highest BCUT2D eigenvalue weighted by Crippen LogP contribution is 2.19. The Morgan fingerprint density at radius 2 is 1.84 bits per heavy atom. The first-order valence-corrected chi connectivity index (χ1v) is 9.07. The molecule has 0 aromatic heterocycles. The second kappa shape index (κ2) is 7.64. The number of hydrogen-bond donors (Lipinski definition) is 3. The van der Waals surface area contributed by atoms with Crippen molar-refractivity contribution in [3.8, 4) is 0 Å². The Balaban J connectivity index is 2.02. The minimum atomic E-state index is -3.89. The van der Waals surface area contributed by atoms with E-state index in [2.05, 4.69) is 10.6 Å². The number of benzene rings is 2. The fraction of sp³-hybridized carbons (Fsp3) is 0.125. The number of primary sulfonamides is 1. The molecule has 0 aliphatic carbocycles. The Bertz CT molecular complexity index is 929. The summed E-state index contributed by atoms with van der Waals surface area (Å²) in [6, 6.07) is 10.8. The molecule has 132 valence electrons. The molecule has 0 fully saturated rings. The largest absolute Gasteiger partial charge is 0.343 e. The van der Waals surface area contributed by atoms with E-state index in [-0.39, 0.29) is 27.7 Å². The zero-order chi connectivity index (χ0) is 18.6. The van der Waals surface area contributed by atoms with Crippen molar-refractivity contribution in [1.82, 2.24) is 5.32 Å². The van der Waals surface area contributed by atoms with Gasteiger partial charge in [0.25, 0.3) is 5.91 Å². The van der Waals surface area contributed by atoms with Crippen molar-refractivity contribution >= 4 is 39.1 Å². The van der Waals surface area contributed by atoms with Crippen LogP contribution in [-0.4, -0.2) is 26.8 Å². The molecule has 0 heterocycles. The van der Waals surface area contributed by atoms with Gasteiger partial charge in [0.15, 0.2) is 0 Å². The molecule has 0 saturated heterocycles. The van der Waals surface area contributed by atoms with Gasteiger partial charge in [-0.05, 0) is 36.8 Å². The molecule has 2 amide bonds. The zero-order valence-corrected chi connectivity index (χ0v) is 14.8. The van der Waals surface area contributed by atoms with Crippen molar-refractivity contribution in [2.24, 2.45) is 5.14 Å². The van der Waals surface area contributed by atoms with Crippen LogP contribution in [0.1, 0.15) is 15.9 Å². The van der Waals surface area contributed by atoms with Crippen molar-refractivity contribution in [3.63, 3.8) is 0 Å². The predicted octanol–water partition coefficient (Wildman–Crippen LogP) is 1.66. The number of rotatable bonds is 5. The summed E-state index contributed by atoms with van der Waals surface area (Å²) < 4.78 is 23.0. The molecule has 25 heavy (non-hydrogen) atoms. The van der Waals surface area contributed by atoms with E-state index in [1.165, 1.54) is 24.3 Å². The summed E-state index contributed by atoms with van der Waals surface area (Å²) in [6.07, 6.45) is 0. The summed E-state index contributed by atoms with van der Waals surface area (Å²) in [7, 11) is -3.89. The lowest BCUT2D eigenvalue weighted by atomic mass is 10.2. The molecule has 7 nitrogen and oxygen atoms in total. The van der Waals surface area contributed by atoms with Gasteiger partial charge in [0.1, 0.15) is 0 Å². The maximum Gasteiger partial charge on any atom is 0.253 e. The molecule has 0 atom stereocenters. The molecule has 0 aliphatic rings. The lowest BCUT2D eigenvalue weighted by molar-refractivity contribution is -0.115. The van der Waals surface area contributed by atoms with Crippen LogP contribution in [0.15, 0.2) is 47.4 Å². The van der Waals surface area contributed by atoms with E-state index >= 15 is 0 Å². The van der Waals surface area contributed by atoms with Gasteiger partial charge in [-0.2, -0.15) is 0 Å². The number of amides is 2. The van der Waals surface area contributed by atoms with Gasteiger partial charge in [-0.25, -0.2) is 13.6 Å². The van der Waals surface area contributed by atoms with Gasteiger partial charge in [0.2, 0.25) is 15.9 Å². The lowest BCUT2D eigenvalue weighted by Gasteiger charge is -2.10. The molecule has 4 N–H and O–H groups in total. The maximum absolute atomic E-state index is 12.0. The summed E-state index contributed by atoms with van der Waals surface area (Å²) >= 11 is 5.91. The first kappa shape index (κ1) is 18.9. The predicted molar refractivity (Wildman–Crippen MR) is 95.0 cm³/mol. The van der Waals surface area contributed by atoms with Crippen molar-refractivity contribution in [1.29, 1.82) is 0 Å². The third kappa shape index (κ3) is 5.02. The quantitative estimate of drug-likeness (QED) is 0.729. The first-order valence-electron chi connectivity index (χ1n) is 7.14. The number of carbonyl (C=O) groups excluding carboxylic acids is 2. The normalized spacial score (nSPS) is 11.0. The molecule has 0 radical (unpaired) electrons. The zero-order valence-electron chi connectivity index (χ0n) is 13.2. The summed E-state index contributed by atoms with van der Waals surface area (Å²) in [4.78, 5) is 23.8. The number of carbonyl (C=O) groups is 2. The van der Waals surface area contributed by atoms with E-state index in [1.54, 1.807) is 25.1 Å². The van der Waals surface area contributed by atoms with Crippen LogP contribution in [0.25, 0.3) is 0 Å². The second-order valence-electron chi connectivity index (χ2n) is 5.24. The smallest absolute Gasteiger partial charge is 0.253 e. The fourth-order valence-corrected chi connectivity index (χ4v) is 3.12. The van der Waals surface area contributed by atoms with Gasteiger partial charge in [-0.15, -0.1) is 0 Å².